The Balaban J connectivity index is 2.68. The van der Waals surface area contributed by atoms with Crippen LogP contribution in [-0.2, 0) is 13.1 Å². The number of nitrogens with zero attached hydrogens (tertiary/aromatic N) is 3. The third kappa shape index (κ3) is 1.89. The lowest BCUT2D eigenvalue weighted by Gasteiger charge is -2.04. The van der Waals surface area contributed by atoms with Crippen molar-refractivity contribution in [3.63, 3.8) is 0 Å². The number of hydrogen-bond acceptors (Lipinski definition) is 4. The first-order valence-corrected chi connectivity index (χ1v) is 5.57. The number of fused-ring (bicyclic) bond motifs is 1. The topological polar surface area (TPSA) is 98.7 Å². The number of H-pyrrole nitrogens is 1. The highest BCUT2D eigenvalue weighted by atomic mass is 16.2. The molecule has 7 heteroatoms. The molecule has 0 atom stereocenters. The highest BCUT2D eigenvalue weighted by molar-refractivity contribution is 5.69. The molecule has 2 aromatic rings. The Hall–Kier alpha value is -1.89. The summed E-state index contributed by atoms with van der Waals surface area (Å²) in [5.74, 6) is 0. The summed E-state index contributed by atoms with van der Waals surface area (Å²) in [7, 11) is 0. The van der Waals surface area contributed by atoms with Crippen LogP contribution in [0.4, 0.5) is 0 Å². The molecule has 0 saturated heterocycles. The number of nitrogens with two attached hydrogens (primary N) is 1. The zero-order chi connectivity index (χ0) is 12.4. The van der Waals surface area contributed by atoms with Gasteiger partial charge in [0.25, 0.3) is 5.56 Å². The number of imidazole rings is 1. The molecule has 92 valence electrons. The number of aromatic amines is 1. The van der Waals surface area contributed by atoms with E-state index >= 15 is 0 Å². The van der Waals surface area contributed by atoms with E-state index in [1.807, 2.05) is 6.92 Å². The normalized spacial score (nSPS) is 11.2. The van der Waals surface area contributed by atoms with E-state index in [0.717, 1.165) is 6.42 Å². The molecule has 0 spiro atoms. The van der Waals surface area contributed by atoms with Crippen molar-refractivity contribution >= 4 is 11.2 Å². The van der Waals surface area contributed by atoms with E-state index < -0.39 is 11.2 Å². The molecule has 17 heavy (non-hydrogen) atoms. The fourth-order valence-corrected chi connectivity index (χ4v) is 1.85. The molecule has 0 aliphatic carbocycles. The Morgan fingerprint density at radius 3 is 2.88 bits per heavy atom. The van der Waals surface area contributed by atoms with Crippen molar-refractivity contribution in [2.24, 2.45) is 5.73 Å². The van der Waals surface area contributed by atoms with Gasteiger partial charge in [-0.05, 0) is 19.9 Å². The number of rotatable bonds is 4. The van der Waals surface area contributed by atoms with Gasteiger partial charge in [-0.1, -0.05) is 0 Å². The molecule has 0 saturated carbocycles. The lowest BCUT2D eigenvalue weighted by atomic mass is 10.4. The van der Waals surface area contributed by atoms with E-state index in [-0.39, 0.29) is 0 Å². The SMILES string of the molecule is CCn1c(=O)[nH]c(=O)c2c1ncn2CCCN. The van der Waals surface area contributed by atoms with Crippen LogP contribution in [0.1, 0.15) is 13.3 Å². The van der Waals surface area contributed by atoms with Crippen LogP contribution in [0.15, 0.2) is 15.9 Å². The molecular weight excluding hydrogens is 222 g/mol. The van der Waals surface area contributed by atoms with E-state index in [9.17, 15) is 9.59 Å². The summed E-state index contributed by atoms with van der Waals surface area (Å²) in [6, 6.07) is 0. The fourth-order valence-electron chi connectivity index (χ4n) is 1.85. The zero-order valence-electron chi connectivity index (χ0n) is 9.64. The van der Waals surface area contributed by atoms with Gasteiger partial charge in [-0.3, -0.25) is 14.3 Å². The van der Waals surface area contributed by atoms with Crippen molar-refractivity contribution in [3.05, 3.63) is 27.2 Å². The van der Waals surface area contributed by atoms with Crippen molar-refractivity contribution in [1.82, 2.24) is 19.1 Å². The van der Waals surface area contributed by atoms with Gasteiger partial charge in [-0.2, -0.15) is 0 Å². The maximum Gasteiger partial charge on any atom is 0.330 e. The largest absolute Gasteiger partial charge is 0.330 e. The van der Waals surface area contributed by atoms with Crippen LogP contribution in [0, 0.1) is 0 Å². The van der Waals surface area contributed by atoms with E-state index in [2.05, 4.69) is 9.97 Å². The molecule has 0 aliphatic rings. The van der Waals surface area contributed by atoms with Gasteiger partial charge in [0.05, 0.1) is 6.33 Å². The quantitative estimate of drug-likeness (QED) is 0.731. The molecule has 0 unspecified atom stereocenters. The van der Waals surface area contributed by atoms with Crippen LogP contribution >= 0.6 is 0 Å². The summed E-state index contributed by atoms with van der Waals surface area (Å²) in [4.78, 5) is 29.7. The highest BCUT2D eigenvalue weighted by Gasteiger charge is 2.11. The second-order valence-electron chi connectivity index (χ2n) is 3.76. The molecule has 2 heterocycles. The predicted octanol–water partition coefficient (Wildman–Crippen LogP) is -0.745. The number of hydrogen-bond donors (Lipinski definition) is 2. The van der Waals surface area contributed by atoms with Gasteiger partial charge in [-0.25, -0.2) is 9.78 Å². The summed E-state index contributed by atoms with van der Waals surface area (Å²) in [6.45, 7) is 3.47. The van der Waals surface area contributed by atoms with Gasteiger partial charge >= 0.3 is 5.69 Å². The fraction of sp³-hybridized carbons (Fsp3) is 0.500. The van der Waals surface area contributed by atoms with E-state index in [4.69, 9.17) is 5.73 Å². The summed E-state index contributed by atoms with van der Waals surface area (Å²) in [5.41, 5.74) is 5.47. The molecular formula is C10H15N5O2. The molecule has 0 aliphatic heterocycles. The molecule has 2 rings (SSSR count). The molecule has 0 amide bonds. The molecule has 0 bridgehead atoms. The summed E-state index contributed by atoms with van der Waals surface area (Å²) in [5, 5.41) is 0. The van der Waals surface area contributed by atoms with Crippen LogP contribution in [0.3, 0.4) is 0 Å². The first kappa shape index (κ1) is 11.6. The van der Waals surface area contributed by atoms with Crippen LogP contribution in [0.2, 0.25) is 0 Å². The molecule has 0 radical (unpaired) electrons. The maximum absolute atomic E-state index is 11.8. The lowest BCUT2D eigenvalue weighted by Crippen LogP contribution is -2.30. The van der Waals surface area contributed by atoms with Crippen molar-refractivity contribution in [3.8, 4) is 0 Å². The third-order valence-electron chi connectivity index (χ3n) is 2.67. The average Bonchev–Trinajstić information content (AvgIpc) is 2.71. The Kier molecular flexibility index (Phi) is 3.10. The van der Waals surface area contributed by atoms with E-state index in [1.165, 1.54) is 4.57 Å². The van der Waals surface area contributed by atoms with Crippen LogP contribution < -0.4 is 17.0 Å². The Morgan fingerprint density at radius 1 is 1.47 bits per heavy atom. The number of aromatic nitrogens is 4. The lowest BCUT2D eigenvalue weighted by molar-refractivity contribution is 0.661. The van der Waals surface area contributed by atoms with Gasteiger partial charge in [0.15, 0.2) is 11.2 Å². The molecule has 0 fully saturated rings. The zero-order valence-corrected chi connectivity index (χ0v) is 9.64. The molecule has 2 aromatic heterocycles. The predicted molar refractivity (Wildman–Crippen MR) is 64.0 cm³/mol. The average molecular weight is 237 g/mol. The Bertz CT molecular complexity index is 636. The van der Waals surface area contributed by atoms with Crippen LogP contribution in [-0.4, -0.2) is 25.6 Å². The summed E-state index contributed by atoms with van der Waals surface area (Å²) >= 11 is 0. The minimum absolute atomic E-state index is 0.399. The van der Waals surface area contributed by atoms with Gasteiger partial charge < -0.3 is 10.3 Å². The van der Waals surface area contributed by atoms with Gasteiger partial charge in [0, 0.05) is 13.1 Å². The number of nitrogens with one attached hydrogen (secondary N) is 1. The minimum Gasteiger partial charge on any atom is -0.330 e. The molecule has 0 aromatic carbocycles. The van der Waals surface area contributed by atoms with Gasteiger partial charge in [0.1, 0.15) is 0 Å². The number of aryl methyl sites for hydroxylation is 2. The smallest absolute Gasteiger partial charge is 0.330 e. The van der Waals surface area contributed by atoms with Crippen molar-refractivity contribution in [2.45, 2.75) is 26.4 Å². The minimum atomic E-state index is -0.422. The van der Waals surface area contributed by atoms with E-state index in [0.29, 0.717) is 30.8 Å². The van der Waals surface area contributed by atoms with Crippen molar-refractivity contribution in [1.29, 1.82) is 0 Å². The summed E-state index contributed by atoms with van der Waals surface area (Å²) < 4.78 is 3.17. The summed E-state index contributed by atoms with van der Waals surface area (Å²) in [6.07, 6.45) is 2.33. The third-order valence-corrected chi connectivity index (χ3v) is 2.67. The van der Waals surface area contributed by atoms with Gasteiger partial charge in [-0.15, -0.1) is 0 Å². The second-order valence-corrected chi connectivity index (χ2v) is 3.76. The van der Waals surface area contributed by atoms with Crippen LogP contribution in [0.5, 0.6) is 0 Å². The van der Waals surface area contributed by atoms with Crippen LogP contribution in [0.25, 0.3) is 11.2 Å². The highest BCUT2D eigenvalue weighted by Crippen LogP contribution is 2.06. The molecule has 3 N–H and O–H groups in total. The van der Waals surface area contributed by atoms with Crippen molar-refractivity contribution in [2.75, 3.05) is 6.54 Å². The molecule has 7 nitrogen and oxygen atoms in total. The maximum atomic E-state index is 11.8. The first-order valence-electron chi connectivity index (χ1n) is 5.57. The Labute approximate surface area is 96.9 Å². The van der Waals surface area contributed by atoms with E-state index in [1.54, 1.807) is 10.9 Å². The monoisotopic (exact) mass is 237 g/mol. The van der Waals surface area contributed by atoms with Gasteiger partial charge in [0.2, 0.25) is 0 Å². The Morgan fingerprint density at radius 2 is 2.24 bits per heavy atom. The van der Waals surface area contributed by atoms with Crippen molar-refractivity contribution < 1.29 is 0 Å². The second kappa shape index (κ2) is 4.54. The standard InChI is InChI=1S/C10H15N5O2/c1-2-15-8-7(9(16)13-10(15)17)14(6-12-8)5-3-4-11/h6H,2-5,11H2,1H3,(H,13,16,17). The first-order chi connectivity index (χ1) is 8.19.